The summed E-state index contributed by atoms with van der Waals surface area (Å²) in [6.07, 6.45) is 3.53. The molecular weight excluding hydrogens is 265 g/mol. The van der Waals surface area contributed by atoms with Crippen molar-refractivity contribution in [1.82, 2.24) is 9.55 Å². The number of imidazole rings is 1. The van der Waals surface area contributed by atoms with E-state index in [4.69, 9.17) is 5.26 Å². The van der Waals surface area contributed by atoms with Crippen LogP contribution in [0, 0.1) is 17.1 Å². The summed E-state index contributed by atoms with van der Waals surface area (Å²) in [5, 5.41) is 9.13. The molecule has 0 spiro atoms. The molecule has 0 saturated carbocycles. The van der Waals surface area contributed by atoms with Gasteiger partial charge in [-0.2, -0.15) is 5.26 Å². The lowest BCUT2D eigenvalue weighted by Crippen LogP contribution is -2.03. The highest BCUT2D eigenvalue weighted by atomic mass is 19.1. The summed E-state index contributed by atoms with van der Waals surface area (Å²) in [6, 6.07) is 16.1. The molecule has 102 valence electrons. The molecule has 0 saturated heterocycles. The Morgan fingerprint density at radius 3 is 2.71 bits per heavy atom. The second-order valence-corrected chi connectivity index (χ2v) is 4.66. The zero-order chi connectivity index (χ0) is 14.7. The first-order chi connectivity index (χ1) is 10.3. The molecule has 21 heavy (non-hydrogen) atoms. The summed E-state index contributed by atoms with van der Waals surface area (Å²) < 4.78 is 15.3. The van der Waals surface area contributed by atoms with Crippen LogP contribution in [0.25, 0.3) is 11.4 Å². The number of halogens is 1. The van der Waals surface area contributed by atoms with E-state index in [1.54, 1.807) is 6.20 Å². The maximum absolute atomic E-state index is 13.4. The number of nitrogens with zero attached hydrogens (tertiary/aromatic N) is 3. The maximum atomic E-state index is 13.4. The van der Waals surface area contributed by atoms with Gasteiger partial charge in [0.1, 0.15) is 11.6 Å². The van der Waals surface area contributed by atoms with Gasteiger partial charge in [-0.3, -0.25) is 0 Å². The number of hydrogen-bond acceptors (Lipinski definition) is 2. The van der Waals surface area contributed by atoms with Crippen molar-refractivity contribution in [2.24, 2.45) is 0 Å². The first-order valence-electron chi connectivity index (χ1n) is 6.53. The highest BCUT2D eigenvalue weighted by Crippen LogP contribution is 2.19. The second-order valence-electron chi connectivity index (χ2n) is 4.66. The maximum Gasteiger partial charge on any atom is 0.140 e. The molecule has 3 rings (SSSR count). The van der Waals surface area contributed by atoms with Crippen molar-refractivity contribution in [3.05, 3.63) is 77.9 Å². The van der Waals surface area contributed by atoms with Crippen LogP contribution in [0.2, 0.25) is 0 Å². The molecule has 0 radical (unpaired) electrons. The van der Waals surface area contributed by atoms with Gasteiger partial charge in [0.2, 0.25) is 0 Å². The minimum absolute atomic E-state index is 0.342. The predicted octanol–water partition coefficient (Wildman–Crippen LogP) is 3.61. The molecule has 3 aromatic rings. The fourth-order valence-electron chi connectivity index (χ4n) is 2.27. The van der Waals surface area contributed by atoms with Crippen LogP contribution in [0.15, 0.2) is 60.9 Å². The molecule has 0 aliphatic heterocycles. The molecule has 0 N–H and O–H groups in total. The number of hydrogen-bond donors (Lipinski definition) is 0. The lowest BCUT2D eigenvalue weighted by Gasteiger charge is -2.09. The van der Waals surface area contributed by atoms with E-state index in [1.165, 1.54) is 18.2 Å². The molecule has 2 aromatic carbocycles. The minimum atomic E-state index is -0.342. The number of rotatable bonds is 3. The Morgan fingerprint density at radius 1 is 1.14 bits per heavy atom. The van der Waals surface area contributed by atoms with Crippen molar-refractivity contribution in [3.63, 3.8) is 0 Å². The van der Waals surface area contributed by atoms with Crippen LogP contribution < -0.4 is 0 Å². The Balaban J connectivity index is 2.00. The molecule has 0 aliphatic rings. The zero-order valence-corrected chi connectivity index (χ0v) is 11.2. The van der Waals surface area contributed by atoms with Crippen LogP contribution in [-0.2, 0) is 6.54 Å². The van der Waals surface area contributed by atoms with Gasteiger partial charge in [0.15, 0.2) is 0 Å². The van der Waals surface area contributed by atoms with E-state index in [0.717, 1.165) is 11.4 Å². The van der Waals surface area contributed by atoms with E-state index < -0.39 is 0 Å². The average Bonchev–Trinajstić information content (AvgIpc) is 2.96. The van der Waals surface area contributed by atoms with Gasteiger partial charge in [-0.1, -0.05) is 30.3 Å². The quantitative estimate of drug-likeness (QED) is 0.734. The van der Waals surface area contributed by atoms with Crippen molar-refractivity contribution in [1.29, 1.82) is 5.26 Å². The van der Waals surface area contributed by atoms with E-state index in [2.05, 4.69) is 11.1 Å². The van der Waals surface area contributed by atoms with Crippen molar-refractivity contribution >= 4 is 0 Å². The number of aromatic nitrogens is 2. The fourth-order valence-corrected chi connectivity index (χ4v) is 2.27. The average molecular weight is 277 g/mol. The summed E-state index contributed by atoms with van der Waals surface area (Å²) in [7, 11) is 0. The Bertz CT molecular complexity index is 800. The third-order valence-corrected chi connectivity index (χ3v) is 3.28. The lowest BCUT2D eigenvalue weighted by atomic mass is 10.1. The number of nitriles is 1. The summed E-state index contributed by atoms with van der Waals surface area (Å²) >= 11 is 0. The van der Waals surface area contributed by atoms with Crippen molar-refractivity contribution in [2.75, 3.05) is 0 Å². The molecule has 0 unspecified atom stereocenters. The Hall–Kier alpha value is -2.93. The summed E-state index contributed by atoms with van der Waals surface area (Å²) in [5.41, 5.74) is 2.11. The molecule has 0 fully saturated rings. The van der Waals surface area contributed by atoms with E-state index in [-0.39, 0.29) is 5.82 Å². The van der Waals surface area contributed by atoms with E-state index in [9.17, 15) is 4.39 Å². The molecule has 1 heterocycles. The highest BCUT2D eigenvalue weighted by Gasteiger charge is 2.09. The summed E-state index contributed by atoms with van der Waals surface area (Å²) in [4.78, 5) is 4.35. The van der Waals surface area contributed by atoms with Crippen LogP contribution in [0.4, 0.5) is 4.39 Å². The molecule has 0 aliphatic carbocycles. The SMILES string of the molecule is N#Cc1ccc(F)cc1Cn1ccnc1-c1ccccc1. The normalized spacial score (nSPS) is 10.3. The first kappa shape index (κ1) is 13.1. The van der Waals surface area contributed by atoms with Gasteiger partial charge in [-0.05, 0) is 23.8 Å². The van der Waals surface area contributed by atoms with Gasteiger partial charge in [-0.25, -0.2) is 9.37 Å². The monoisotopic (exact) mass is 277 g/mol. The van der Waals surface area contributed by atoms with Crippen molar-refractivity contribution in [3.8, 4) is 17.5 Å². The Kier molecular flexibility index (Phi) is 3.48. The highest BCUT2D eigenvalue weighted by molar-refractivity contribution is 5.55. The van der Waals surface area contributed by atoms with Crippen molar-refractivity contribution < 1.29 is 4.39 Å². The molecule has 3 nitrogen and oxygen atoms in total. The third kappa shape index (κ3) is 2.67. The predicted molar refractivity (Wildman–Crippen MR) is 77.9 cm³/mol. The molecule has 0 amide bonds. The molecular formula is C17H12FN3. The van der Waals surface area contributed by atoms with Gasteiger partial charge >= 0.3 is 0 Å². The topological polar surface area (TPSA) is 41.6 Å². The van der Waals surface area contributed by atoms with Crippen molar-refractivity contribution in [2.45, 2.75) is 6.54 Å². The third-order valence-electron chi connectivity index (χ3n) is 3.28. The van der Waals surface area contributed by atoms with Crippen LogP contribution in [0.5, 0.6) is 0 Å². The first-order valence-corrected chi connectivity index (χ1v) is 6.53. The van der Waals surface area contributed by atoms with Gasteiger partial charge in [0.05, 0.1) is 18.2 Å². The smallest absolute Gasteiger partial charge is 0.140 e. The largest absolute Gasteiger partial charge is 0.327 e. The van der Waals surface area contributed by atoms with Crippen LogP contribution in [0.3, 0.4) is 0 Å². The molecule has 0 bridgehead atoms. The minimum Gasteiger partial charge on any atom is -0.327 e. The van der Waals surface area contributed by atoms with E-state index in [1.807, 2.05) is 41.1 Å². The number of benzene rings is 2. The van der Waals surface area contributed by atoms with Gasteiger partial charge in [0, 0.05) is 18.0 Å². The molecule has 4 heteroatoms. The molecule has 0 atom stereocenters. The van der Waals surface area contributed by atoms with Crippen LogP contribution >= 0.6 is 0 Å². The van der Waals surface area contributed by atoms with E-state index >= 15 is 0 Å². The van der Waals surface area contributed by atoms with E-state index in [0.29, 0.717) is 17.7 Å². The van der Waals surface area contributed by atoms with Crippen LogP contribution in [-0.4, -0.2) is 9.55 Å². The Labute approximate surface area is 121 Å². The zero-order valence-electron chi connectivity index (χ0n) is 11.2. The van der Waals surface area contributed by atoms with Gasteiger partial charge < -0.3 is 4.57 Å². The second kappa shape index (κ2) is 5.59. The molecule has 1 aromatic heterocycles. The van der Waals surface area contributed by atoms with Gasteiger partial charge in [0.25, 0.3) is 0 Å². The Morgan fingerprint density at radius 2 is 1.95 bits per heavy atom. The lowest BCUT2D eigenvalue weighted by molar-refractivity contribution is 0.623. The summed E-state index contributed by atoms with van der Waals surface area (Å²) in [6.45, 7) is 0.408. The van der Waals surface area contributed by atoms with Crippen LogP contribution in [0.1, 0.15) is 11.1 Å². The summed E-state index contributed by atoms with van der Waals surface area (Å²) in [5.74, 6) is 0.453. The fraction of sp³-hybridized carbons (Fsp3) is 0.0588. The standard InChI is InChI=1S/C17H12FN3/c18-16-7-6-14(11-19)15(10-16)12-21-9-8-20-17(21)13-4-2-1-3-5-13/h1-10H,12H2. The van der Waals surface area contributed by atoms with Gasteiger partial charge in [-0.15, -0.1) is 0 Å².